The van der Waals surface area contributed by atoms with E-state index in [1.807, 2.05) is 25.1 Å². The van der Waals surface area contributed by atoms with Crippen LogP contribution in [0, 0.1) is 6.92 Å². The van der Waals surface area contributed by atoms with Gasteiger partial charge < -0.3 is 5.73 Å². The average Bonchev–Trinajstić information content (AvgIpc) is 2.90. The molecule has 2 aromatic carbocycles. The average molecular weight is 320 g/mol. The first-order valence-corrected chi connectivity index (χ1v) is 6.91. The molecule has 0 saturated carbocycles. The maximum absolute atomic E-state index is 6.05. The first kappa shape index (κ1) is 13.9. The van der Waals surface area contributed by atoms with Crippen LogP contribution < -0.4 is 5.73 Å². The van der Waals surface area contributed by atoms with Crippen LogP contribution in [0.15, 0.2) is 36.4 Å². The Morgan fingerprint density at radius 1 is 1.05 bits per heavy atom. The molecule has 7 heteroatoms. The Balaban J connectivity index is 2.14. The topological polar surface area (TPSA) is 69.6 Å². The molecule has 0 fully saturated rings. The van der Waals surface area contributed by atoms with E-state index in [2.05, 4.69) is 15.5 Å². The molecule has 0 aliphatic carbocycles. The van der Waals surface area contributed by atoms with Crippen molar-refractivity contribution in [3.05, 3.63) is 52.0 Å². The van der Waals surface area contributed by atoms with Crippen molar-refractivity contribution in [2.75, 3.05) is 5.73 Å². The van der Waals surface area contributed by atoms with Gasteiger partial charge in [0.1, 0.15) is 0 Å². The van der Waals surface area contributed by atoms with Crippen molar-refractivity contribution in [3.63, 3.8) is 0 Å². The van der Waals surface area contributed by atoms with E-state index < -0.39 is 0 Å². The summed E-state index contributed by atoms with van der Waals surface area (Å²) in [4.78, 5) is 0. The molecule has 106 valence electrons. The second-order valence-corrected chi connectivity index (χ2v) is 5.46. The van der Waals surface area contributed by atoms with Gasteiger partial charge in [-0.2, -0.15) is 4.68 Å². The molecule has 0 saturated heterocycles. The summed E-state index contributed by atoms with van der Waals surface area (Å²) >= 11 is 12.0. The lowest BCUT2D eigenvalue weighted by atomic mass is 10.1. The number of nitrogens with zero attached hydrogens (tertiary/aromatic N) is 4. The number of aryl methyl sites for hydroxylation is 1. The summed E-state index contributed by atoms with van der Waals surface area (Å²) in [7, 11) is 0. The number of rotatable bonds is 2. The van der Waals surface area contributed by atoms with Gasteiger partial charge in [0.05, 0.1) is 15.7 Å². The number of tetrazole rings is 1. The highest BCUT2D eigenvalue weighted by molar-refractivity contribution is 6.42. The Morgan fingerprint density at radius 3 is 2.57 bits per heavy atom. The fourth-order valence-electron chi connectivity index (χ4n) is 2.10. The SMILES string of the molecule is Cc1cc(N)cc(-c2nnnn2-c2ccc(Cl)c(Cl)c2)c1. The Kier molecular flexibility index (Phi) is 3.53. The van der Waals surface area contributed by atoms with E-state index in [1.165, 1.54) is 0 Å². The molecular formula is C14H11Cl2N5. The van der Waals surface area contributed by atoms with Crippen molar-refractivity contribution >= 4 is 28.9 Å². The highest BCUT2D eigenvalue weighted by Gasteiger charge is 2.12. The van der Waals surface area contributed by atoms with Gasteiger partial charge >= 0.3 is 0 Å². The molecular weight excluding hydrogens is 309 g/mol. The molecule has 3 rings (SSSR count). The molecule has 21 heavy (non-hydrogen) atoms. The van der Waals surface area contributed by atoms with Crippen LogP contribution in [0.1, 0.15) is 5.56 Å². The van der Waals surface area contributed by atoms with E-state index in [1.54, 1.807) is 22.9 Å². The fourth-order valence-corrected chi connectivity index (χ4v) is 2.39. The zero-order chi connectivity index (χ0) is 15.0. The lowest BCUT2D eigenvalue weighted by molar-refractivity contribution is 0.791. The predicted molar refractivity (Wildman–Crippen MR) is 83.8 cm³/mol. The number of hydrogen-bond donors (Lipinski definition) is 1. The molecule has 0 radical (unpaired) electrons. The van der Waals surface area contributed by atoms with Crippen LogP contribution in [0.5, 0.6) is 0 Å². The zero-order valence-corrected chi connectivity index (χ0v) is 12.6. The zero-order valence-electron chi connectivity index (χ0n) is 11.1. The number of anilines is 1. The number of halogens is 2. The molecule has 1 heterocycles. The normalized spacial score (nSPS) is 10.8. The summed E-state index contributed by atoms with van der Waals surface area (Å²) < 4.78 is 1.59. The van der Waals surface area contributed by atoms with Gasteiger partial charge in [-0.1, -0.05) is 23.2 Å². The monoisotopic (exact) mass is 319 g/mol. The maximum Gasteiger partial charge on any atom is 0.187 e. The van der Waals surface area contributed by atoms with Crippen molar-refractivity contribution in [1.29, 1.82) is 0 Å². The van der Waals surface area contributed by atoms with Crippen molar-refractivity contribution in [1.82, 2.24) is 20.2 Å². The lowest BCUT2D eigenvalue weighted by Crippen LogP contribution is -2.00. The third-order valence-electron chi connectivity index (χ3n) is 2.98. The van der Waals surface area contributed by atoms with Crippen LogP contribution in [0.25, 0.3) is 17.1 Å². The summed E-state index contributed by atoms with van der Waals surface area (Å²) in [5.41, 5.74) is 9.14. The van der Waals surface area contributed by atoms with Crippen LogP contribution in [-0.4, -0.2) is 20.2 Å². The van der Waals surface area contributed by atoms with Crippen LogP contribution in [0.4, 0.5) is 5.69 Å². The number of hydrogen-bond acceptors (Lipinski definition) is 4. The molecule has 0 unspecified atom stereocenters. The smallest absolute Gasteiger partial charge is 0.187 e. The van der Waals surface area contributed by atoms with E-state index >= 15 is 0 Å². The first-order chi connectivity index (χ1) is 10.0. The largest absolute Gasteiger partial charge is 0.399 e. The summed E-state index contributed by atoms with van der Waals surface area (Å²) in [6, 6.07) is 10.9. The van der Waals surface area contributed by atoms with Crippen LogP contribution >= 0.6 is 23.2 Å². The lowest BCUT2D eigenvalue weighted by Gasteiger charge is -2.07. The standard InChI is InChI=1S/C14H11Cl2N5/c1-8-4-9(6-10(17)5-8)14-18-19-20-21(14)11-2-3-12(15)13(16)7-11/h2-7H,17H2,1H3. The van der Waals surface area contributed by atoms with Crippen LogP contribution in [0.3, 0.4) is 0 Å². The molecule has 0 aliphatic rings. The Hall–Kier alpha value is -2.11. The highest BCUT2D eigenvalue weighted by atomic mass is 35.5. The fraction of sp³-hybridized carbons (Fsp3) is 0.0714. The minimum Gasteiger partial charge on any atom is -0.399 e. The van der Waals surface area contributed by atoms with Gasteiger partial charge in [-0.05, 0) is 59.3 Å². The van der Waals surface area contributed by atoms with Crippen molar-refractivity contribution in [2.24, 2.45) is 0 Å². The van der Waals surface area contributed by atoms with Gasteiger partial charge in [-0.3, -0.25) is 0 Å². The number of aromatic nitrogens is 4. The van der Waals surface area contributed by atoms with E-state index in [9.17, 15) is 0 Å². The van der Waals surface area contributed by atoms with Gasteiger partial charge in [-0.15, -0.1) is 5.10 Å². The molecule has 0 bridgehead atoms. The minimum atomic E-state index is 0.444. The first-order valence-electron chi connectivity index (χ1n) is 6.16. The van der Waals surface area contributed by atoms with Crippen LogP contribution in [0.2, 0.25) is 10.0 Å². The molecule has 3 aromatic rings. The molecule has 0 atom stereocenters. The van der Waals surface area contributed by atoms with E-state index in [-0.39, 0.29) is 0 Å². The molecule has 0 aliphatic heterocycles. The molecule has 0 spiro atoms. The minimum absolute atomic E-state index is 0.444. The van der Waals surface area contributed by atoms with Gasteiger partial charge in [0.25, 0.3) is 0 Å². The second kappa shape index (κ2) is 5.35. The molecule has 5 nitrogen and oxygen atoms in total. The highest BCUT2D eigenvalue weighted by Crippen LogP contribution is 2.27. The van der Waals surface area contributed by atoms with E-state index in [0.29, 0.717) is 21.6 Å². The molecule has 2 N–H and O–H groups in total. The number of benzene rings is 2. The summed E-state index contributed by atoms with van der Waals surface area (Å²) in [6.07, 6.45) is 0. The quantitative estimate of drug-likeness (QED) is 0.733. The van der Waals surface area contributed by atoms with Gasteiger partial charge in [0.2, 0.25) is 0 Å². The van der Waals surface area contributed by atoms with Gasteiger partial charge in [0.15, 0.2) is 5.82 Å². The predicted octanol–water partition coefficient (Wildman–Crippen LogP) is 3.53. The van der Waals surface area contributed by atoms with E-state index in [0.717, 1.165) is 16.8 Å². The van der Waals surface area contributed by atoms with E-state index in [4.69, 9.17) is 28.9 Å². The third kappa shape index (κ3) is 2.70. The van der Waals surface area contributed by atoms with Crippen molar-refractivity contribution < 1.29 is 0 Å². The Labute approximate surface area is 131 Å². The molecule has 1 aromatic heterocycles. The third-order valence-corrected chi connectivity index (χ3v) is 3.71. The summed E-state index contributed by atoms with van der Waals surface area (Å²) in [5.74, 6) is 0.587. The van der Waals surface area contributed by atoms with Crippen molar-refractivity contribution in [2.45, 2.75) is 6.92 Å². The maximum atomic E-state index is 6.05. The Morgan fingerprint density at radius 2 is 1.86 bits per heavy atom. The van der Waals surface area contributed by atoms with Gasteiger partial charge in [-0.25, -0.2) is 0 Å². The Bertz CT molecular complexity index is 793. The molecule has 0 amide bonds. The number of nitrogen functional groups attached to an aromatic ring is 1. The summed E-state index contributed by atoms with van der Waals surface area (Å²) in [5, 5.41) is 12.7. The second-order valence-electron chi connectivity index (χ2n) is 4.65. The van der Waals surface area contributed by atoms with Crippen LogP contribution in [-0.2, 0) is 0 Å². The van der Waals surface area contributed by atoms with Gasteiger partial charge in [0, 0.05) is 11.3 Å². The summed E-state index contributed by atoms with van der Waals surface area (Å²) in [6.45, 7) is 1.97. The van der Waals surface area contributed by atoms with Crippen molar-refractivity contribution in [3.8, 4) is 17.1 Å². The number of nitrogens with two attached hydrogens (primary N) is 1.